The summed E-state index contributed by atoms with van der Waals surface area (Å²) < 4.78 is 57.3. The van der Waals surface area contributed by atoms with Crippen LogP contribution in [0.25, 0.3) is 0 Å². The van der Waals surface area contributed by atoms with E-state index >= 15 is 0 Å². The number of anilines is 1. The first-order chi connectivity index (χ1) is 14.2. The van der Waals surface area contributed by atoms with E-state index in [0.29, 0.717) is 12.4 Å². The minimum atomic E-state index is -2.94. The molecular weight excluding hydrogens is 400 g/mol. The quantitative estimate of drug-likeness (QED) is 0.712. The number of hydrogen-bond acceptors (Lipinski definition) is 4. The molecule has 0 saturated carbocycles. The van der Waals surface area contributed by atoms with Crippen LogP contribution in [-0.4, -0.2) is 53.1 Å². The van der Waals surface area contributed by atoms with E-state index in [1.54, 1.807) is 24.0 Å². The molecule has 160 valence electrons. The van der Waals surface area contributed by atoms with Crippen molar-refractivity contribution < 1.29 is 22.4 Å². The van der Waals surface area contributed by atoms with Crippen LogP contribution in [0.1, 0.15) is 24.1 Å². The molecule has 0 bridgehead atoms. The molecule has 0 N–H and O–H groups in total. The molecule has 1 amide bonds. The van der Waals surface area contributed by atoms with Gasteiger partial charge in [-0.1, -0.05) is 12.1 Å². The Kier molecular flexibility index (Phi) is 5.15. The molecule has 2 aromatic rings. The number of alkyl halides is 2. The first-order valence-electron chi connectivity index (χ1n) is 9.85. The Morgan fingerprint density at radius 2 is 1.87 bits per heavy atom. The number of nitrogens with zero attached hydrogens (tertiary/aromatic N) is 4. The summed E-state index contributed by atoms with van der Waals surface area (Å²) in [4.78, 5) is 15.8. The largest absolute Gasteiger partial charge is 0.354 e. The van der Waals surface area contributed by atoms with Gasteiger partial charge in [0.1, 0.15) is 0 Å². The highest BCUT2D eigenvalue weighted by Gasteiger charge is 2.60. The lowest BCUT2D eigenvalue weighted by atomic mass is 9.75. The number of hydrogen-bond donors (Lipinski definition) is 0. The monoisotopic (exact) mass is 422 g/mol. The van der Waals surface area contributed by atoms with Crippen molar-refractivity contribution in [2.45, 2.75) is 32.1 Å². The van der Waals surface area contributed by atoms with Crippen molar-refractivity contribution in [2.24, 2.45) is 5.41 Å². The van der Waals surface area contributed by atoms with Gasteiger partial charge in [-0.15, -0.1) is 5.10 Å². The summed E-state index contributed by atoms with van der Waals surface area (Å²) in [6.45, 7) is 1.98. The SMILES string of the molecule is Cc1ccc(N2CC[C@@]3(CN(C(=O)Cc4cccc(F)c4F)CCC3(F)F)C2)nn1. The van der Waals surface area contributed by atoms with Crippen LogP contribution in [-0.2, 0) is 11.2 Å². The summed E-state index contributed by atoms with van der Waals surface area (Å²) in [7, 11) is 0. The van der Waals surface area contributed by atoms with Crippen LogP contribution < -0.4 is 4.90 Å². The number of likely N-dealkylation sites (tertiary alicyclic amines) is 1. The van der Waals surface area contributed by atoms with Crippen LogP contribution in [0.4, 0.5) is 23.4 Å². The number of rotatable bonds is 3. The smallest absolute Gasteiger partial charge is 0.258 e. The third-order valence-corrected chi connectivity index (χ3v) is 6.15. The molecule has 9 heteroatoms. The molecule has 30 heavy (non-hydrogen) atoms. The van der Waals surface area contributed by atoms with E-state index in [9.17, 15) is 22.4 Å². The zero-order chi connectivity index (χ0) is 21.5. The normalized spacial score (nSPS) is 23.2. The molecule has 2 aliphatic rings. The highest BCUT2D eigenvalue weighted by molar-refractivity contribution is 5.79. The van der Waals surface area contributed by atoms with E-state index in [1.807, 2.05) is 0 Å². The zero-order valence-electron chi connectivity index (χ0n) is 16.5. The molecule has 1 spiro atoms. The Bertz CT molecular complexity index is 953. The molecular formula is C21H22F4N4O. The Hall–Kier alpha value is -2.71. The topological polar surface area (TPSA) is 49.3 Å². The fourth-order valence-corrected chi connectivity index (χ4v) is 4.33. The molecule has 1 aromatic heterocycles. The van der Waals surface area contributed by atoms with Gasteiger partial charge < -0.3 is 9.80 Å². The van der Waals surface area contributed by atoms with Crippen molar-refractivity contribution in [1.82, 2.24) is 15.1 Å². The molecule has 1 aromatic carbocycles. The van der Waals surface area contributed by atoms with Gasteiger partial charge in [0, 0.05) is 38.2 Å². The molecule has 1 atom stereocenters. The van der Waals surface area contributed by atoms with E-state index in [-0.39, 0.29) is 38.0 Å². The highest BCUT2D eigenvalue weighted by Crippen LogP contribution is 2.50. The van der Waals surface area contributed by atoms with Crippen molar-refractivity contribution in [3.05, 3.63) is 53.2 Å². The van der Waals surface area contributed by atoms with Gasteiger partial charge in [-0.2, -0.15) is 5.10 Å². The molecule has 2 aliphatic heterocycles. The van der Waals surface area contributed by atoms with Crippen LogP contribution in [0.15, 0.2) is 30.3 Å². The number of aryl methyl sites for hydroxylation is 1. The molecule has 3 heterocycles. The lowest BCUT2D eigenvalue weighted by Crippen LogP contribution is -2.58. The summed E-state index contributed by atoms with van der Waals surface area (Å²) in [6.07, 6.45) is -0.621. The number of halogens is 4. The fourth-order valence-electron chi connectivity index (χ4n) is 4.33. The van der Waals surface area contributed by atoms with Gasteiger partial charge in [0.05, 0.1) is 17.5 Å². The third kappa shape index (κ3) is 3.61. The van der Waals surface area contributed by atoms with E-state index in [2.05, 4.69) is 10.2 Å². The number of amides is 1. The summed E-state index contributed by atoms with van der Waals surface area (Å²) in [5.41, 5.74) is -0.750. The highest BCUT2D eigenvalue weighted by atomic mass is 19.3. The van der Waals surface area contributed by atoms with Gasteiger partial charge in [-0.3, -0.25) is 4.79 Å². The second-order valence-electron chi connectivity index (χ2n) is 8.14. The van der Waals surface area contributed by atoms with Gasteiger partial charge in [-0.25, -0.2) is 17.6 Å². The number of aromatic nitrogens is 2. The number of piperidine rings is 1. The number of carbonyl (C=O) groups is 1. The van der Waals surface area contributed by atoms with E-state index in [4.69, 9.17) is 0 Å². The summed E-state index contributed by atoms with van der Waals surface area (Å²) in [5.74, 6) is -5.01. The zero-order valence-corrected chi connectivity index (χ0v) is 16.5. The standard InChI is InChI=1S/C21H22F4N4O/c1-14-5-6-17(27-26-14)28-9-7-20(12-28)13-29(10-8-21(20,24)25)18(30)11-15-3-2-4-16(22)19(15)23/h2-6H,7-13H2,1H3/t20-/m0/s1. The molecule has 4 rings (SSSR count). The van der Waals surface area contributed by atoms with Crippen molar-refractivity contribution >= 4 is 11.7 Å². The molecule has 0 aliphatic carbocycles. The molecule has 0 radical (unpaired) electrons. The molecule has 2 saturated heterocycles. The second kappa shape index (κ2) is 7.52. The molecule has 2 fully saturated rings. The lowest BCUT2D eigenvalue weighted by molar-refractivity contribution is -0.168. The van der Waals surface area contributed by atoms with Gasteiger partial charge in [0.25, 0.3) is 5.92 Å². The predicted molar refractivity (Wildman–Crippen MR) is 102 cm³/mol. The molecule has 0 unspecified atom stereocenters. The Morgan fingerprint density at radius 3 is 2.60 bits per heavy atom. The Morgan fingerprint density at radius 1 is 1.07 bits per heavy atom. The number of carbonyl (C=O) groups excluding carboxylic acids is 1. The van der Waals surface area contributed by atoms with Crippen LogP contribution in [0.3, 0.4) is 0 Å². The maximum Gasteiger partial charge on any atom is 0.258 e. The van der Waals surface area contributed by atoms with Crippen LogP contribution in [0.2, 0.25) is 0 Å². The maximum absolute atomic E-state index is 15.0. The van der Waals surface area contributed by atoms with Gasteiger partial charge in [0.2, 0.25) is 5.91 Å². The maximum atomic E-state index is 15.0. The Labute approximate surface area is 171 Å². The van der Waals surface area contributed by atoms with E-state index in [0.717, 1.165) is 11.8 Å². The Balaban J connectivity index is 1.51. The van der Waals surface area contributed by atoms with Crippen molar-refractivity contribution in [2.75, 3.05) is 31.1 Å². The van der Waals surface area contributed by atoms with Gasteiger partial charge >= 0.3 is 0 Å². The first kappa shape index (κ1) is 20.6. The average molecular weight is 422 g/mol. The van der Waals surface area contributed by atoms with Crippen LogP contribution >= 0.6 is 0 Å². The summed E-state index contributed by atoms with van der Waals surface area (Å²) >= 11 is 0. The van der Waals surface area contributed by atoms with Crippen LogP contribution in [0.5, 0.6) is 0 Å². The minimum absolute atomic E-state index is 0.0514. The lowest BCUT2D eigenvalue weighted by Gasteiger charge is -2.46. The van der Waals surface area contributed by atoms with Gasteiger partial charge in [0.15, 0.2) is 17.5 Å². The molecule has 5 nitrogen and oxygen atoms in total. The van der Waals surface area contributed by atoms with Crippen molar-refractivity contribution in [3.63, 3.8) is 0 Å². The second-order valence-corrected chi connectivity index (χ2v) is 8.14. The summed E-state index contributed by atoms with van der Waals surface area (Å²) in [5, 5.41) is 8.08. The average Bonchev–Trinajstić information content (AvgIpc) is 3.14. The third-order valence-electron chi connectivity index (χ3n) is 6.15. The van der Waals surface area contributed by atoms with Crippen LogP contribution in [0, 0.1) is 24.0 Å². The van der Waals surface area contributed by atoms with Crippen molar-refractivity contribution in [3.8, 4) is 0 Å². The van der Waals surface area contributed by atoms with Crippen molar-refractivity contribution in [1.29, 1.82) is 0 Å². The van der Waals surface area contributed by atoms with E-state index < -0.39 is 35.3 Å². The van der Waals surface area contributed by atoms with Gasteiger partial charge in [-0.05, 0) is 31.5 Å². The number of benzene rings is 1. The van der Waals surface area contributed by atoms with E-state index in [1.165, 1.54) is 17.0 Å². The first-order valence-corrected chi connectivity index (χ1v) is 9.85. The predicted octanol–water partition coefficient (Wildman–Crippen LogP) is 3.37. The fraction of sp³-hybridized carbons (Fsp3) is 0.476. The minimum Gasteiger partial charge on any atom is -0.354 e. The summed E-state index contributed by atoms with van der Waals surface area (Å²) in [6, 6.07) is 7.15.